The molecule has 1 heterocycles. The molecule has 0 aromatic carbocycles. The molecule has 0 aliphatic rings. The molecule has 0 aliphatic heterocycles. The molecule has 1 rings (SSSR count). The molecule has 6 heteroatoms. The van der Waals surface area contributed by atoms with Crippen molar-refractivity contribution < 1.29 is 13.9 Å². The lowest BCUT2D eigenvalue weighted by molar-refractivity contribution is 0.146. The van der Waals surface area contributed by atoms with Crippen molar-refractivity contribution >= 4 is 21.6 Å². The van der Waals surface area contributed by atoms with Gasteiger partial charge in [-0.25, -0.2) is 13.8 Å². The Morgan fingerprint density at radius 2 is 2.23 bits per heavy atom. The Bertz CT molecular complexity index is 320. The Balaban J connectivity index is 3.20. The summed E-state index contributed by atoms with van der Waals surface area (Å²) < 4.78 is 24.6. The van der Waals surface area contributed by atoms with Gasteiger partial charge >= 0.3 is 0 Å². The quantitative estimate of drug-likeness (QED) is 0.791. The van der Waals surface area contributed by atoms with Gasteiger partial charge in [-0.2, -0.15) is 0 Å². The van der Waals surface area contributed by atoms with E-state index in [9.17, 15) is 8.78 Å². The Morgan fingerprint density at radius 3 is 2.69 bits per heavy atom. The summed E-state index contributed by atoms with van der Waals surface area (Å²) >= 11 is 2.95. The highest BCUT2D eigenvalue weighted by atomic mass is 79.9. The van der Waals surface area contributed by atoms with E-state index in [0.717, 1.165) is 0 Å². The first-order valence-corrected chi connectivity index (χ1v) is 4.19. The van der Waals surface area contributed by atoms with E-state index in [-0.39, 0.29) is 16.9 Å². The van der Waals surface area contributed by atoms with Crippen LogP contribution in [-0.2, 0) is 6.61 Å². The Hall–Kier alpha value is -0.750. The number of nitrogens with zero attached hydrogens (tertiary/aromatic N) is 1. The van der Waals surface area contributed by atoms with Crippen molar-refractivity contribution in [3.63, 3.8) is 0 Å². The molecule has 3 nitrogen and oxygen atoms in total. The second-order valence-electron chi connectivity index (χ2n) is 2.37. The zero-order valence-corrected chi connectivity index (χ0v) is 8.05. The summed E-state index contributed by atoms with van der Waals surface area (Å²) in [5.41, 5.74) is 5.11. The van der Waals surface area contributed by atoms with E-state index < -0.39 is 12.1 Å². The Morgan fingerprint density at radius 1 is 1.62 bits per heavy atom. The van der Waals surface area contributed by atoms with Crippen LogP contribution in [0.1, 0.15) is 17.7 Å². The predicted molar refractivity (Wildman–Crippen MR) is 47.2 cm³/mol. The zero-order valence-electron chi connectivity index (χ0n) is 6.47. The number of pyridine rings is 1. The van der Waals surface area contributed by atoms with Gasteiger partial charge < -0.3 is 10.8 Å². The average molecular weight is 253 g/mol. The van der Waals surface area contributed by atoms with Gasteiger partial charge in [0, 0.05) is 5.56 Å². The molecule has 0 unspecified atom stereocenters. The molecular weight excluding hydrogens is 246 g/mol. The summed E-state index contributed by atoms with van der Waals surface area (Å²) in [5.74, 6) is 0. The molecule has 0 aliphatic carbocycles. The van der Waals surface area contributed by atoms with Gasteiger partial charge in [0.1, 0.15) is 10.3 Å². The van der Waals surface area contributed by atoms with Crippen LogP contribution in [0.25, 0.3) is 0 Å². The molecule has 72 valence electrons. The van der Waals surface area contributed by atoms with Gasteiger partial charge in [0.2, 0.25) is 0 Å². The highest BCUT2D eigenvalue weighted by molar-refractivity contribution is 9.10. The number of aromatic nitrogens is 1. The molecule has 1 aromatic heterocycles. The number of anilines is 1. The van der Waals surface area contributed by atoms with Gasteiger partial charge in [0.15, 0.2) is 0 Å². The lowest BCUT2D eigenvalue weighted by Gasteiger charge is -2.07. The second-order valence-corrected chi connectivity index (χ2v) is 3.12. The average Bonchev–Trinajstić information content (AvgIpc) is 2.07. The maximum absolute atomic E-state index is 12.2. The third kappa shape index (κ3) is 2.13. The van der Waals surface area contributed by atoms with Crippen molar-refractivity contribution in [2.45, 2.75) is 13.0 Å². The van der Waals surface area contributed by atoms with Crippen molar-refractivity contribution in [1.82, 2.24) is 4.98 Å². The van der Waals surface area contributed by atoms with Crippen molar-refractivity contribution in [1.29, 1.82) is 0 Å². The summed E-state index contributed by atoms with van der Waals surface area (Å²) in [6.45, 7) is -0.290. The van der Waals surface area contributed by atoms with Crippen LogP contribution in [0.15, 0.2) is 10.7 Å². The van der Waals surface area contributed by atoms with Gasteiger partial charge in [0.05, 0.1) is 12.3 Å². The minimum Gasteiger partial charge on any atom is -0.397 e. The fourth-order valence-corrected chi connectivity index (χ4v) is 1.28. The van der Waals surface area contributed by atoms with Gasteiger partial charge in [-0.1, -0.05) is 0 Å². The monoisotopic (exact) mass is 252 g/mol. The standard InChI is InChI=1S/C7H7BrF2N2O/c8-6-3(2-13)1-4(11)5(12-6)7(9)10/h1,7,13H,2,11H2. The number of hydrogen-bond donors (Lipinski definition) is 2. The predicted octanol–water partition coefficient (Wildman–Crippen LogP) is 1.86. The third-order valence-electron chi connectivity index (χ3n) is 1.49. The van der Waals surface area contributed by atoms with Gasteiger partial charge in [-0.3, -0.25) is 0 Å². The van der Waals surface area contributed by atoms with Crippen LogP contribution in [-0.4, -0.2) is 10.1 Å². The van der Waals surface area contributed by atoms with E-state index in [1.807, 2.05) is 0 Å². The zero-order chi connectivity index (χ0) is 10.0. The largest absolute Gasteiger partial charge is 0.397 e. The molecule has 0 radical (unpaired) electrons. The van der Waals surface area contributed by atoms with E-state index >= 15 is 0 Å². The Labute approximate surface area is 81.7 Å². The minimum atomic E-state index is -2.70. The number of aliphatic hydroxyl groups is 1. The van der Waals surface area contributed by atoms with E-state index in [0.29, 0.717) is 5.56 Å². The number of hydrogen-bond acceptors (Lipinski definition) is 3. The van der Waals surface area contributed by atoms with Crippen LogP contribution in [0.5, 0.6) is 0 Å². The van der Waals surface area contributed by atoms with Crippen LogP contribution in [0, 0.1) is 0 Å². The van der Waals surface area contributed by atoms with Crippen LogP contribution < -0.4 is 5.73 Å². The van der Waals surface area contributed by atoms with Crippen LogP contribution in [0.2, 0.25) is 0 Å². The van der Waals surface area contributed by atoms with Crippen molar-refractivity contribution in [3.05, 3.63) is 21.9 Å². The maximum Gasteiger partial charge on any atom is 0.282 e. The molecule has 0 saturated carbocycles. The van der Waals surface area contributed by atoms with Gasteiger partial charge in [0.25, 0.3) is 6.43 Å². The van der Waals surface area contributed by atoms with Crippen LogP contribution in [0.4, 0.5) is 14.5 Å². The molecule has 3 N–H and O–H groups in total. The van der Waals surface area contributed by atoms with Gasteiger partial charge in [-0.15, -0.1) is 0 Å². The Kier molecular flexibility index (Phi) is 3.16. The molecule has 0 fully saturated rings. The third-order valence-corrected chi connectivity index (χ3v) is 2.17. The molecule has 0 amide bonds. The fraction of sp³-hybridized carbons (Fsp3) is 0.286. The molecule has 0 bridgehead atoms. The van der Waals surface area contributed by atoms with Crippen molar-refractivity contribution in [2.24, 2.45) is 0 Å². The number of alkyl halides is 2. The maximum atomic E-state index is 12.2. The summed E-state index contributed by atoms with van der Waals surface area (Å²) in [5, 5.41) is 8.76. The SMILES string of the molecule is Nc1cc(CO)c(Br)nc1C(F)F. The normalized spacial score (nSPS) is 10.8. The lowest BCUT2D eigenvalue weighted by Crippen LogP contribution is -2.02. The smallest absolute Gasteiger partial charge is 0.282 e. The summed E-state index contributed by atoms with van der Waals surface area (Å²) in [6, 6.07) is 1.28. The fourth-order valence-electron chi connectivity index (χ4n) is 0.849. The number of nitrogen functional groups attached to an aromatic ring is 1. The molecule has 0 saturated heterocycles. The molecule has 0 spiro atoms. The number of halogens is 3. The highest BCUT2D eigenvalue weighted by Crippen LogP contribution is 2.27. The first-order chi connectivity index (χ1) is 6.06. The van der Waals surface area contributed by atoms with Crippen molar-refractivity contribution in [3.8, 4) is 0 Å². The summed E-state index contributed by atoms with van der Waals surface area (Å²) in [4.78, 5) is 3.52. The number of nitrogens with two attached hydrogens (primary N) is 1. The van der Waals surface area contributed by atoms with E-state index in [2.05, 4.69) is 20.9 Å². The number of aliphatic hydroxyl groups excluding tert-OH is 1. The topological polar surface area (TPSA) is 59.1 Å². The molecular formula is C7H7BrF2N2O. The molecule has 1 aromatic rings. The van der Waals surface area contributed by atoms with Crippen molar-refractivity contribution in [2.75, 3.05) is 5.73 Å². The second kappa shape index (κ2) is 3.97. The van der Waals surface area contributed by atoms with E-state index in [1.165, 1.54) is 6.07 Å². The molecule has 0 atom stereocenters. The summed E-state index contributed by atoms with van der Waals surface area (Å²) in [6.07, 6.45) is -2.70. The minimum absolute atomic E-state index is 0.109. The first kappa shape index (κ1) is 10.3. The first-order valence-electron chi connectivity index (χ1n) is 3.40. The van der Waals surface area contributed by atoms with E-state index in [1.54, 1.807) is 0 Å². The molecule has 13 heavy (non-hydrogen) atoms. The lowest BCUT2D eigenvalue weighted by atomic mass is 10.2. The van der Waals surface area contributed by atoms with Gasteiger partial charge in [-0.05, 0) is 22.0 Å². The number of rotatable bonds is 2. The van der Waals surface area contributed by atoms with Crippen LogP contribution in [0.3, 0.4) is 0 Å². The van der Waals surface area contributed by atoms with E-state index in [4.69, 9.17) is 10.8 Å². The highest BCUT2D eigenvalue weighted by Gasteiger charge is 2.15. The summed E-state index contributed by atoms with van der Waals surface area (Å²) in [7, 11) is 0. The van der Waals surface area contributed by atoms with Crippen LogP contribution >= 0.6 is 15.9 Å².